The summed E-state index contributed by atoms with van der Waals surface area (Å²) < 4.78 is 12.7. The molecule has 1 saturated heterocycles. The van der Waals surface area contributed by atoms with Gasteiger partial charge in [-0.2, -0.15) is 5.10 Å². The van der Waals surface area contributed by atoms with E-state index in [4.69, 9.17) is 9.15 Å². The maximum atomic E-state index is 12.4. The molecule has 1 amide bonds. The highest BCUT2D eigenvalue weighted by atomic mass is 16.5. The molecule has 0 radical (unpaired) electrons. The van der Waals surface area contributed by atoms with Crippen LogP contribution in [-0.2, 0) is 24.9 Å². The van der Waals surface area contributed by atoms with Crippen LogP contribution in [0.2, 0.25) is 0 Å². The van der Waals surface area contributed by atoms with Crippen molar-refractivity contribution < 1.29 is 13.9 Å². The number of carbonyl (C=O) groups excluding carboxylic acids is 1. The Balaban J connectivity index is 1.33. The SMILES string of the molecule is COC1CCN(Cc2nc(C(=O)NCc3c(C4CC4)cnn3C)co2)C1. The van der Waals surface area contributed by atoms with Crippen molar-refractivity contribution in [3.63, 3.8) is 0 Å². The Morgan fingerprint density at radius 2 is 2.27 bits per heavy atom. The highest BCUT2D eigenvalue weighted by Gasteiger charge is 2.28. The van der Waals surface area contributed by atoms with Gasteiger partial charge >= 0.3 is 0 Å². The number of aryl methyl sites for hydroxylation is 1. The lowest BCUT2D eigenvalue weighted by Gasteiger charge is -2.12. The number of nitrogens with zero attached hydrogens (tertiary/aromatic N) is 4. The topological polar surface area (TPSA) is 85.4 Å². The third kappa shape index (κ3) is 3.66. The third-order valence-electron chi connectivity index (χ3n) is 5.23. The van der Waals surface area contributed by atoms with Gasteiger partial charge in [-0.15, -0.1) is 0 Å². The first-order chi connectivity index (χ1) is 12.6. The zero-order chi connectivity index (χ0) is 18.1. The monoisotopic (exact) mass is 359 g/mol. The number of hydrogen-bond donors (Lipinski definition) is 1. The fraction of sp³-hybridized carbons (Fsp3) is 0.611. The summed E-state index contributed by atoms with van der Waals surface area (Å²) in [5.74, 6) is 0.941. The van der Waals surface area contributed by atoms with Crippen LogP contribution < -0.4 is 5.32 Å². The summed E-state index contributed by atoms with van der Waals surface area (Å²) in [6.45, 7) is 2.86. The first-order valence-electron chi connectivity index (χ1n) is 9.12. The molecule has 1 saturated carbocycles. The largest absolute Gasteiger partial charge is 0.447 e. The molecule has 1 aliphatic carbocycles. The molecule has 0 spiro atoms. The number of oxazole rings is 1. The van der Waals surface area contributed by atoms with Crippen LogP contribution in [0, 0.1) is 0 Å². The molecule has 1 N–H and O–H groups in total. The third-order valence-corrected chi connectivity index (χ3v) is 5.23. The lowest BCUT2D eigenvalue weighted by Crippen LogP contribution is -2.25. The number of ether oxygens (including phenoxy) is 1. The van der Waals surface area contributed by atoms with Crippen LogP contribution in [0.1, 0.15) is 52.8 Å². The molecule has 8 nitrogen and oxygen atoms in total. The number of hydrogen-bond acceptors (Lipinski definition) is 6. The van der Waals surface area contributed by atoms with Crippen molar-refractivity contribution in [3.05, 3.63) is 35.3 Å². The number of likely N-dealkylation sites (tertiary alicyclic amines) is 1. The standard InChI is InChI=1S/C18H25N5O3/c1-22-16(14(7-20-22)12-3-4-12)8-19-18(24)15-11-26-17(21-15)10-23-6-5-13(9-23)25-2/h7,11-13H,3-6,8-10H2,1-2H3,(H,19,24). The predicted molar refractivity (Wildman–Crippen MR) is 93.5 cm³/mol. The maximum absolute atomic E-state index is 12.4. The van der Waals surface area contributed by atoms with Gasteiger partial charge in [0.2, 0.25) is 5.89 Å². The minimum Gasteiger partial charge on any atom is -0.447 e. The van der Waals surface area contributed by atoms with Crippen LogP contribution >= 0.6 is 0 Å². The number of amides is 1. The van der Waals surface area contributed by atoms with Gasteiger partial charge in [-0.05, 0) is 30.7 Å². The molecule has 0 bridgehead atoms. The molecular weight excluding hydrogens is 334 g/mol. The van der Waals surface area contributed by atoms with E-state index in [1.807, 2.05) is 17.9 Å². The first kappa shape index (κ1) is 17.2. The predicted octanol–water partition coefficient (Wildman–Crippen LogP) is 1.44. The van der Waals surface area contributed by atoms with E-state index in [1.165, 1.54) is 24.7 Å². The highest BCUT2D eigenvalue weighted by Crippen LogP contribution is 2.41. The maximum Gasteiger partial charge on any atom is 0.273 e. The summed E-state index contributed by atoms with van der Waals surface area (Å²) in [7, 11) is 3.64. The number of nitrogens with one attached hydrogen (secondary N) is 1. The fourth-order valence-electron chi connectivity index (χ4n) is 3.50. The Morgan fingerprint density at radius 1 is 1.42 bits per heavy atom. The summed E-state index contributed by atoms with van der Waals surface area (Å²) in [4.78, 5) is 19.0. The summed E-state index contributed by atoms with van der Waals surface area (Å²) in [5, 5.41) is 7.25. The molecule has 2 aliphatic rings. The van der Waals surface area contributed by atoms with E-state index in [9.17, 15) is 4.79 Å². The van der Waals surface area contributed by atoms with Crippen LogP contribution in [-0.4, -0.2) is 51.9 Å². The smallest absolute Gasteiger partial charge is 0.273 e. The Labute approximate surface area is 152 Å². The number of methoxy groups -OCH3 is 1. The lowest BCUT2D eigenvalue weighted by atomic mass is 10.1. The molecule has 3 heterocycles. The van der Waals surface area contributed by atoms with Crippen LogP contribution in [0.5, 0.6) is 0 Å². The van der Waals surface area contributed by atoms with Gasteiger partial charge < -0.3 is 14.5 Å². The van der Waals surface area contributed by atoms with Crippen molar-refractivity contribution in [2.45, 2.75) is 44.4 Å². The van der Waals surface area contributed by atoms with E-state index in [-0.39, 0.29) is 12.0 Å². The van der Waals surface area contributed by atoms with Gasteiger partial charge in [-0.25, -0.2) is 4.98 Å². The van der Waals surface area contributed by atoms with Gasteiger partial charge in [-0.1, -0.05) is 0 Å². The van der Waals surface area contributed by atoms with Crippen molar-refractivity contribution >= 4 is 5.91 Å². The molecule has 0 aromatic carbocycles. The Bertz CT molecular complexity index is 780. The highest BCUT2D eigenvalue weighted by molar-refractivity contribution is 5.91. The normalized spacial score (nSPS) is 20.6. The average molecular weight is 359 g/mol. The molecular formula is C18H25N5O3. The minimum absolute atomic E-state index is 0.223. The molecule has 1 aliphatic heterocycles. The van der Waals surface area contributed by atoms with E-state index in [1.54, 1.807) is 7.11 Å². The Hall–Kier alpha value is -2.19. The molecule has 2 aromatic heterocycles. The van der Waals surface area contributed by atoms with E-state index < -0.39 is 0 Å². The fourth-order valence-corrected chi connectivity index (χ4v) is 3.50. The lowest BCUT2D eigenvalue weighted by molar-refractivity contribution is 0.0944. The molecule has 2 aromatic rings. The summed E-state index contributed by atoms with van der Waals surface area (Å²) in [6.07, 6.45) is 7.04. The van der Waals surface area contributed by atoms with Crippen LogP contribution in [0.4, 0.5) is 0 Å². The van der Waals surface area contributed by atoms with Crippen molar-refractivity contribution in [1.82, 2.24) is 25.0 Å². The number of aromatic nitrogens is 3. The van der Waals surface area contributed by atoms with E-state index >= 15 is 0 Å². The van der Waals surface area contributed by atoms with Gasteiger partial charge in [0, 0.05) is 27.2 Å². The first-order valence-corrected chi connectivity index (χ1v) is 9.12. The van der Waals surface area contributed by atoms with Crippen LogP contribution in [0.15, 0.2) is 16.9 Å². The molecule has 2 fully saturated rings. The molecule has 140 valence electrons. The molecule has 1 atom stereocenters. The Kier molecular flexibility index (Phi) is 4.78. The molecule has 8 heteroatoms. The van der Waals surface area contributed by atoms with E-state index in [0.717, 1.165) is 25.2 Å². The van der Waals surface area contributed by atoms with Crippen molar-refractivity contribution in [2.24, 2.45) is 7.05 Å². The molecule has 26 heavy (non-hydrogen) atoms. The molecule has 1 unspecified atom stereocenters. The zero-order valence-electron chi connectivity index (χ0n) is 15.3. The number of carbonyl (C=O) groups is 1. The van der Waals surface area contributed by atoms with Gasteiger partial charge in [0.1, 0.15) is 6.26 Å². The van der Waals surface area contributed by atoms with Crippen LogP contribution in [0.3, 0.4) is 0 Å². The van der Waals surface area contributed by atoms with Gasteiger partial charge in [0.25, 0.3) is 5.91 Å². The second-order valence-corrected chi connectivity index (χ2v) is 7.14. The van der Waals surface area contributed by atoms with Crippen molar-refractivity contribution in [1.29, 1.82) is 0 Å². The summed E-state index contributed by atoms with van der Waals surface area (Å²) >= 11 is 0. The second-order valence-electron chi connectivity index (χ2n) is 7.14. The van der Waals surface area contributed by atoms with Crippen LogP contribution in [0.25, 0.3) is 0 Å². The van der Waals surface area contributed by atoms with Gasteiger partial charge in [0.05, 0.1) is 31.1 Å². The van der Waals surface area contributed by atoms with Gasteiger partial charge in [-0.3, -0.25) is 14.4 Å². The summed E-state index contributed by atoms with van der Waals surface area (Å²) in [5.41, 5.74) is 2.63. The Morgan fingerprint density at radius 3 is 3.00 bits per heavy atom. The second kappa shape index (κ2) is 7.20. The zero-order valence-corrected chi connectivity index (χ0v) is 15.3. The van der Waals surface area contributed by atoms with Gasteiger partial charge in [0.15, 0.2) is 5.69 Å². The molecule has 4 rings (SSSR count). The van der Waals surface area contributed by atoms with Crippen molar-refractivity contribution in [3.8, 4) is 0 Å². The minimum atomic E-state index is -0.223. The van der Waals surface area contributed by atoms with Crippen molar-refractivity contribution in [2.75, 3.05) is 20.2 Å². The quantitative estimate of drug-likeness (QED) is 0.805. The average Bonchev–Trinajstić information content (AvgIpc) is 3.05. The summed E-state index contributed by atoms with van der Waals surface area (Å²) in [6, 6.07) is 0. The van der Waals surface area contributed by atoms with E-state index in [2.05, 4.69) is 20.3 Å². The van der Waals surface area contributed by atoms with E-state index in [0.29, 0.717) is 30.6 Å². The number of rotatable bonds is 7.